The van der Waals surface area contributed by atoms with Crippen molar-refractivity contribution in [3.8, 4) is 5.88 Å². The number of nitrogens with zero attached hydrogens (tertiary/aromatic N) is 3. The maximum absolute atomic E-state index is 12.4. The number of carbonyl (C=O) groups is 1. The van der Waals surface area contributed by atoms with Gasteiger partial charge < -0.3 is 10.1 Å². The zero-order valence-corrected chi connectivity index (χ0v) is 14.0. The number of para-hydroxylation sites is 1. The number of amides is 1. The second-order valence-electron chi connectivity index (χ2n) is 5.60. The number of rotatable bonds is 6. The Balaban J connectivity index is 1.67. The predicted molar refractivity (Wildman–Crippen MR) is 91.5 cm³/mol. The molecule has 140 valence electrons. The minimum atomic E-state index is -4.45. The molecule has 0 fully saturated rings. The Morgan fingerprint density at radius 3 is 2.63 bits per heavy atom. The molecule has 0 saturated heterocycles. The van der Waals surface area contributed by atoms with Crippen LogP contribution < -0.4 is 10.1 Å². The number of nitrogens with one attached hydrogen (secondary N) is 1. The number of pyridine rings is 1. The van der Waals surface area contributed by atoms with Gasteiger partial charge in [0.1, 0.15) is 0 Å². The van der Waals surface area contributed by atoms with Crippen LogP contribution in [0.1, 0.15) is 15.9 Å². The van der Waals surface area contributed by atoms with E-state index in [9.17, 15) is 18.0 Å². The number of benzene rings is 1. The minimum absolute atomic E-state index is 0.197. The SMILES string of the molecule is O=C(Nc1ccccc1Cn1cccn1)c1ccc(OCC(F)(F)F)nc1. The maximum atomic E-state index is 12.4. The summed E-state index contributed by atoms with van der Waals surface area (Å²) in [5, 5.41) is 6.91. The highest BCUT2D eigenvalue weighted by atomic mass is 19.4. The highest BCUT2D eigenvalue weighted by Gasteiger charge is 2.28. The molecular weight excluding hydrogens is 361 g/mol. The van der Waals surface area contributed by atoms with Crippen LogP contribution in [-0.2, 0) is 6.54 Å². The van der Waals surface area contributed by atoms with Crippen molar-refractivity contribution in [1.29, 1.82) is 0 Å². The van der Waals surface area contributed by atoms with Gasteiger partial charge in [-0.15, -0.1) is 0 Å². The fraction of sp³-hybridized carbons (Fsp3) is 0.167. The molecule has 3 aromatic rings. The van der Waals surface area contributed by atoms with Gasteiger partial charge >= 0.3 is 6.18 Å². The number of aromatic nitrogens is 3. The average Bonchev–Trinajstić information content (AvgIpc) is 3.14. The van der Waals surface area contributed by atoms with Crippen molar-refractivity contribution in [2.45, 2.75) is 12.7 Å². The third-order valence-corrected chi connectivity index (χ3v) is 3.54. The number of ether oxygens (including phenoxy) is 1. The quantitative estimate of drug-likeness (QED) is 0.715. The minimum Gasteiger partial charge on any atom is -0.468 e. The third kappa shape index (κ3) is 5.30. The summed E-state index contributed by atoms with van der Waals surface area (Å²) in [6.45, 7) is -0.960. The number of anilines is 1. The molecule has 0 bridgehead atoms. The summed E-state index contributed by atoms with van der Waals surface area (Å²) in [7, 11) is 0. The molecule has 0 aliphatic rings. The van der Waals surface area contributed by atoms with Crippen molar-refractivity contribution in [1.82, 2.24) is 14.8 Å². The van der Waals surface area contributed by atoms with Gasteiger partial charge in [0, 0.05) is 30.3 Å². The Morgan fingerprint density at radius 2 is 1.96 bits per heavy atom. The van der Waals surface area contributed by atoms with E-state index in [1.807, 2.05) is 18.3 Å². The normalized spacial score (nSPS) is 11.2. The molecule has 1 amide bonds. The Kier molecular flexibility index (Phi) is 5.39. The lowest BCUT2D eigenvalue weighted by molar-refractivity contribution is -0.154. The van der Waals surface area contributed by atoms with E-state index in [0.29, 0.717) is 12.2 Å². The van der Waals surface area contributed by atoms with E-state index in [-0.39, 0.29) is 11.4 Å². The summed E-state index contributed by atoms with van der Waals surface area (Å²) in [6, 6.07) is 11.6. The molecule has 6 nitrogen and oxygen atoms in total. The van der Waals surface area contributed by atoms with Gasteiger partial charge in [-0.2, -0.15) is 18.3 Å². The van der Waals surface area contributed by atoms with E-state index in [2.05, 4.69) is 20.1 Å². The van der Waals surface area contributed by atoms with Gasteiger partial charge in [0.25, 0.3) is 5.91 Å². The van der Waals surface area contributed by atoms with Gasteiger partial charge in [0.2, 0.25) is 5.88 Å². The van der Waals surface area contributed by atoms with Crippen molar-refractivity contribution in [3.63, 3.8) is 0 Å². The molecule has 0 aliphatic heterocycles. The van der Waals surface area contributed by atoms with Crippen molar-refractivity contribution < 1.29 is 22.7 Å². The summed E-state index contributed by atoms with van der Waals surface area (Å²) < 4.78 is 42.7. The second kappa shape index (κ2) is 7.90. The van der Waals surface area contributed by atoms with E-state index < -0.39 is 18.7 Å². The summed E-state index contributed by atoms with van der Waals surface area (Å²) in [6.07, 6.45) is 0.185. The zero-order valence-electron chi connectivity index (χ0n) is 14.0. The highest BCUT2D eigenvalue weighted by molar-refractivity contribution is 6.04. The monoisotopic (exact) mass is 376 g/mol. The number of alkyl halides is 3. The molecule has 3 rings (SSSR count). The van der Waals surface area contributed by atoms with E-state index in [1.165, 1.54) is 12.1 Å². The Morgan fingerprint density at radius 1 is 1.15 bits per heavy atom. The van der Waals surface area contributed by atoms with Crippen LogP contribution in [0, 0.1) is 0 Å². The lowest BCUT2D eigenvalue weighted by atomic mass is 10.1. The van der Waals surface area contributed by atoms with Crippen LogP contribution in [0.15, 0.2) is 61.1 Å². The average molecular weight is 376 g/mol. The van der Waals surface area contributed by atoms with Crippen LogP contribution in [0.25, 0.3) is 0 Å². The van der Waals surface area contributed by atoms with Crippen molar-refractivity contribution in [3.05, 3.63) is 72.2 Å². The van der Waals surface area contributed by atoms with Gasteiger partial charge in [-0.05, 0) is 23.8 Å². The van der Waals surface area contributed by atoms with E-state index in [4.69, 9.17) is 0 Å². The first-order chi connectivity index (χ1) is 12.9. The lowest BCUT2D eigenvalue weighted by Crippen LogP contribution is -2.20. The van der Waals surface area contributed by atoms with E-state index in [0.717, 1.165) is 11.8 Å². The number of hydrogen-bond donors (Lipinski definition) is 1. The Labute approximate surface area is 152 Å². The third-order valence-electron chi connectivity index (χ3n) is 3.54. The van der Waals surface area contributed by atoms with Crippen molar-refractivity contribution >= 4 is 11.6 Å². The number of hydrogen-bond acceptors (Lipinski definition) is 4. The van der Waals surface area contributed by atoms with Crippen LogP contribution in [-0.4, -0.2) is 33.5 Å². The molecule has 0 radical (unpaired) electrons. The first-order valence-electron chi connectivity index (χ1n) is 7.93. The lowest BCUT2D eigenvalue weighted by Gasteiger charge is -2.12. The fourth-order valence-electron chi connectivity index (χ4n) is 2.30. The van der Waals surface area contributed by atoms with E-state index >= 15 is 0 Å². The van der Waals surface area contributed by atoms with Gasteiger partial charge in [0.15, 0.2) is 6.61 Å². The van der Waals surface area contributed by atoms with Gasteiger partial charge in [-0.1, -0.05) is 18.2 Å². The van der Waals surface area contributed by atoms with Gasteiger partial charge in [0.05, 0.1) is 12.1 Å². The van der Waals surface area contributed by atoms with Crippen molar-refractivity contribution in [2.24, 2.45) is 0 Å². The van der Waals surface area contributed by atoms with Crippen LogP contribution in [0.5, 0.6) is 5.88 Å². The molecule has 0 atom stereocenters. The zero-order chi connectivity index (χ0) is 19.3. The van der Waals surface area contributed by atoms with Crippen LogP contribution >= 0.6 is 0 Å². The van der Waals surface area contributed by atoms with Crippen LogP contribution in [0.2, 0.25) is 0 Å². The van der Waals surface area contributed by atoms with Gasteiger partial charge in [-0.3, -0.25) is 9.48 Å². The predicted octanol–water partition coefficient (Wildman–Crippen LogP) is 3.52. The van der Waals surface area contributed by atoms with Crippen LogP contribution in [0.3, 0.4) is 0 Å². The summed E-state index contributed by atoms with van der Waals surface area (Å²) >= 11 is 0. The first kappa shape index (κ1) is 18.4. The highest BCUT2D eigenvalue weighted by Crippen LogP contribution is 2.19. The summed E-state index contributed by atoms with van der Waals surface area (Å²) in [5.74, 6) is -0.638. The molecule has 2 aromatic heterocycles. The molecule has 2 heterocycles. The second-order valence-corrected chi connectivity index (χ2v) is 5.60. The smallest absolute Gasteiger partial charge is 0.422 e. The molecule has 0 spiro atoms. The van der Waals surface area contributed by atoms with Crippen molar-refractivity contribution in [2.75, 3.05) is 11.9 Å². The summed E-state index contributed by atoms with van der Waals surface area (Å²) in [5.41, 5.74) is 1.66. The number of carbonyl (C=O) groups excluding carboxylic acids is 1. The molecule has 0 aliphatic carbocycles. The topological polar surface area (TPSA) is 69.0 Å². The standard InChI is InChI=1S/C18H15F3N4O2/c19-18(20,21)12-27-16-7-6-13(10-22-16)17(26)24-15-5-2-1-4-14(15)11-25-9-3-8-23-25/h1-10H,11-12H2,(H,24,26). The molecular formula is C18H15F3N4O2. The largest absolute Gasteiger partial charge is 0.468 e. The fourth-order valence-corrected chi connectivity index (χ4v) is 2.30. The first-order valence-corrected chi connectivity index (χ1v) is 7.93. The molecule has 9 heteroatoms. The Hall–Kier alpha value is -3.36. The maximum Gasteiger partial charge on any atom is 0.422 e. The van der Waals surface area contributed by atoms with E-state index in [1.54, 1.807) is 29.1 Å². The molecule has 1 aromatic carbocycles. The molecule has 27 heavy (non-hydrogen) atoms. The summed E-state index contributed by atoms with van der Waals surface area (Å²) in [4.78, 5) is 16.1. The van der Waals surface area contributed by atoms with Crippen LogP contribution in [0.4, 0.5) is 18.9 Å². The molecule has 1 N–H and O–H groups in total. The molecule has 0 saturated carbocycles. The van der Waals surface area contributed by atoms with Gasteiger partial charge in [-0.25, -0.2) is 4.98 Å². The molecule has 0 unspecified atom stereocenters. The number of halogens is 3. The Bertz CT molecular complexity index is 894.